The van der Waals surface area contributed by atoms with Gasteiger partial charge in [-0.25, -0.2) is 0 Å². The smallest absolute Gasteiger partial charge is 0.220 e. The molecule has 1 fully saturated rings. The van der Waals surface area contributed by atoms with Gasteiger partial charge in [-0.05, 0) is 49.9 Å². The molecule has 2 N–H and O–H groups in total. The van der Waals surface area contributed by atoms with Crippen LogP contribution in [0.3, 0.4) is 0 Å². The minimum absolute atomic E-state index is 0. The Kier molecular flexibility index (Phi) is 6.89. The highest BCUT2D eigenvalue weighted by atomic mass is 35.5. The van der Waals surface area contributed by atoms with Gasteiger partial charge in [0.2, 0.25) is 5.91 Å². The number of benzene rings is 1. The number of nitrogens with one attached hydrogen (secondary N) is 2. The van der Waals surface area contributed by atoms with Crippen LogP contribution in [0.15, 0.2) is 24.3 Å². The predicted molar refractivity (Wildman–Crippen MR) is 80.5 cm³/mol. The molecule has 1 amide bonds. The van der Waals surface area contributed by atoms with Gasteiger partial charge in [0.05, 0.1) is 0 Å². The molecule has 0 saturated carbocycles. The summed E-state index contributed by atoms with van der Waals surface area (Å²) in [5, 5.41) is 6.35. The molecule has 0 aromatic heterocycles. The number of carbonyl (C=O) groups is 1. The molecule has 1 aromatic rings. The average molecular weight is 283 g/mol. The molecule has 1 heterocycles. The lowest BCUT2D eigenvalue weighted by Crippen LogP contribution is -2.32. The van der Waals surface area contributed by atoms with E-state index in [1.54, 1.807) is 0 Å². The van der Waals surface area contributed by atoms with Gasteiger partial charge in [-0.3, -0.25) is 4.79 Å². The van der Waals surface area contributed by atoms with Crippen molar-refractivity contribution in [2.75, 3.05) is 13.1 Å². The highest BCUT2D eigenvalue weighted by molar-refractivity contribution is 5.85. The van der Waals surface area contributed by atoms with Crippen LogP contribution < -0.4 is 10.6 Å². The van der Waals surface area contributed by atoms with E-state index in [0.29, 0.717) is 18.9 Å². The van der Waals surface area contributed by atoms with Gasteiger partial charge in [0, 0.05) is 13.0 Å². The van der Waals surface area contributed by atoms with Crippen LogP contribution in [0.1, 0.15) is 30.4 Å². The van der Waals surface area contributed by atoms with Crippen LogP contribution in [0.4, 0.5) is 0 Å². The highest BCUT2D eigenvalue weighted by Crippen LogP contribution is 2.15. The molecule has 0 spiro atoms. The first-order valence-corrected chi connectivity index (χ1v) is 6.77. The van der Waals surface area contributed by atoms with Crippen LogP contribution in [0.25, 0.3) is 0 Å². The van der Waals surface area contributed by atoms with E-state index in [4.69, 9.17) is 0 Å². The van der Waals surface area contributed by atoms with E-state index >= 15 is 0 Å². The molecule has 0 radical (unpaired) electrons. The van der Waals surface area contributed by atoms with Crippen LogP contribution in [-0.4, -0.2) is 19.0 Å². The molecule has 0 aliphatic carbocycles. The Balaban J connectivity index is 0.00000180. The molecule has 106 valence electrons. The summed E-state index contributed by atoms with van der Waals surface area (Å²) in [7, 11) is 0. The Labute approximate surface area is 121 Å². The number of halogens is 1. The van der Waals surface area contributed by atoms with Gasteiger partial charge in [0.25, 0.3) is 0 Å². The minimum Gasteiger partial charge on any atom is -0.352 e. The second kappa shape index (κ2) is 8.18. The summed E-state index contributed by atoms with van der Waals surface area (Å²) < 4.78 is 0. The Morgan fingerprint density at radius 3 is 2.68 bits per heavy atom. The van der Waals surface area contributed by atoms with Gasteiger partial charge in [0.15, 0.2) is 0 Å². The maximum atomic E-state index is 11.9. The summed E-state index contributed by atoms with van der Waals surface area (Å²) in [5.74, 6) is 0.744. The number of aryl methyl sites for hydroxylation is 1. The number of hydrogen-bond donors (Lipinski definition) is 2. The fraction of sp³-hybridized carbons (Fsp3) is 0.533. The van der Waals surface area contributed by atoms with Crippen LogP contribution >= 0.6 is 12.4 Å². The fourth-order valence-corrected chi connectivity index (χ4v) is 2.42. The number of piperidine rings is 1. The molecule has 1 aliphatic rings. The van der Waals surface area contributed by atoms with Gasteiger partial charge < -0.3 is 10.6 Å². The fourth-order valence-electron chi connectivity index (χ4n) is 2.42. The first-order chi connectivity index (χ1) is 8.75. The summed E-state index contributed by atoms with van der Waals surface area (Å²) in [6.07, 6.45) is 2.92. The molecule has 0 bridgehead atoms. The quantitative estimate of drug-likeness (QED) is 0.890. The summed E-state index contributed by atoms with van der Waals surface area (Å²) in [6.45, 7) is 4.83. The number of rotatable bonds is 4. The first-order valence-electron chi connectivity index (χ1n) is 6.77. The van der Waals surface area contributed by atoms with Crippen molar-refractivity contribution >= 4 is 18.3 Å². The van der Waals surface area contributed by atoms with Gasteiger partial charge in [-0.2, -0.15) is 0 Å². The van der Waals surface area contributed by atoms with Crippen molar-refractivity contribution in [1.82, 2.24) is 10.6 Å². The molecule has 2 rings (SSSR count). The molecule has 19 heavy (non-hydrogen) atoms. The first kappa shape index (κ1) is 16.0. The van der Waals surface area contributed by atoms with E-state index in [1.807, 2.05) is 12.1 Å². The average Bonchev–Trinajstić information content (AvgIpc) is 2.39. The Hall–Kier alpha value is -1.06. The molecule has 1 aromatic carbocycles. The number of amides is 1. The van der Waals surface area contributed by atoms with Gasteiger partial charge in [0.1, 0.15) is 0 Å². The third-order valence-electron chi connectivity index (χ3n) is 3.67. The standard InChI is InChI=1S/C15H22N2O.ClH/c1-12-4-2-3-5-14(12)11-17-15(18)10-13-6-8-16-9-7-13;/h2-5,13,16H,6-11H2,1H3,(H,17,18);1H. The van der Waals surface area contributed by atoms with Gasteiger partial charge >= 0.3 is 0 Å². The van der Waals surface area contributed by atoms with Crippen LogP contribution in [0, 0.1) is 12.8 Å². The van der Waals surface area contributed by atoms with Crippen molar-refractivity contribution in [3.8, 4) is 0 Å². The zero-order chi connectivity index (χ0) is 12.8. The van der Waals surface area contributed by atoms with E-state index < -0.39 is 0 Å². The Morgan fingerprint density at radius 1 is 1.32 bits per heavy atom. The maximum Gasteiger partial charge on any atom is 0.220 e. The SMILES string of the molecule is Cc1ccccc1CNC(=O)CC1CCNCC1.Cl. The van der Waals surface area contributed by atoms with E-state index in [0.717, 1.165) is 25.9 Å². The molecular formula is C15H23ClN2O. The monoisotopic (exact) mass is 282 g/mol. The predicted octanol–water partition coefficient (Wildman–Crippen LogP) is 2.42. The van der Waals surface area contributed by atoms with Gasteiger partial charge in [-0.1, -0.05) is 24.3 Å². The van der Waals surface area contributed by atoms with E-state index in [9.17, 15) is 4.79 Å². The third-order valence-corrected chi connectivity index (χ3v) is 3.67. The van der Waals surface area contributed by atoms with Crippen LogP contribution in [0.5, 0.6) is 0 Å². The van der Waals surface area contributed by atoms with Crippen molar-refractivity contribution in [3.63, 3.8) is 0 Å². The lowest BCUT2D eigenvalue weighted by molar-refractivity contribution is -0.122. The minimum atomic E-state index is 0. The number of carbonyl (C=O) groups excluding carboxylic acids is 1. The second-order valence-corrected chi connectivity index (χ2v) is 5.10. The number of hydrogen-bond acceptors (Lipinski definition) is 2. The summed E-state index contributed by atoms with van der Waals surface area (Å²) in [6, 6.07) is 8.19. The summed E-state index contributed by atoms with van der Waals surface area (Å²) in [5.41, 5.74) is 2.44. The van der Waals surface area contributed by atoms with Crippen molar-refractivity contribution in [1.29, 1.82) is 0 Å². The Bertz CT molecular complexity index is 403. The van der Waals surface area contributed by atoms with Crippen molar-refractivity contribution in [2.45, 2.75) is 32.7 Å². The lowest BCUT2D eigenvalue weighted by atomic mass is 9.94. The normalized spacial score (nSPS) is 15.6. The Morgan fingerprint density at radius 2 is 2.00 bits per heavy atom. The highest BCUT2D eigenvalue weighted by Gasteiger charge is 2.16. The molecule has 1 aliphatic heterocycles. The largest absolute Gasteiger partial charge is 0.352 e. The molecule has 1 saturated heterocycles. The topological polar surface area (TPSA) is 41.1 Å². The molecule has 0 atom stereocenters. The molecule has 0 unspecified atom stereocenters. The van der Waals surface area contributed by atoms with Crippen LogP contribution in [-0.2, 0) is 11.3 Å². The maximum absolute atomic E-state index is 11.9. The summed E-state index contributed by atoms with van der Waals surface area (Å²) >= 11 is 0. The second-order valence-electron chi connectivity index (χ2n) is 5.10. The van der Waals surface area contributed by atoms with E-state index in [-0.39, 0.29) is 18.3 Å². The van der Waals surface area contributed by atoms with E-state index in [1.165, 1.54) is 11.1 Å². The molecular weight excluding hydrogens is 260 g/mol. The van der Waals surface area contributed by atoms with E-state index in [2.05, 4.69) is 29.7 Å². The zero-order valence-electron chi connectivity index (χ0n) is 11.4. The molecule has 4 heteroatoms. The summed E-state index contributed by atoms with van der Waals surface area (Å²) in [4.78, 5) is 11.9. The van der Waals surface area contributed by atoms with Crippen molar-refractivity contribution in [3.05, 3.63) is 35.4 Å². The van der Waals surface area contributed by atoms with Crippen molar-refractivity contribution < 1.29 is 4.79 Å². The van der Waals surface area contributed by atoms with Crippen LogP contribution in [0.2, 0.25) is 0 Å². The van der Waals surface area contributed by atoms with Gasteiger partial charge in [-0.15, -0.1) is 12.4 Å². The zero-order valence-corrected chi connectivity index (χ0v) is 12.3. The molecule has 3 nitrogen and oxygen atoms in total. The lowest BCUT2D eigenvalue weighted by Gasteiger charge is -2.22. The third kappa shape index (κ3) is 5.21. The van der Waals surface area contributed by atoms with Crippen molar-refractivity contribution in [2.24, 2.45) is 5.92 Å².